The van der Waals surface area contributed by atoms with Crippen LogP contribution in [0.2, 0.25) is 0 Å². The fraction of sp³-hybridized carbons (Fsp3) is 0.222. The molecule has 0 atom stereocenters. The first-order valence-corrected chi connectivity index (χ1v) is 7.17. The van der Waals surface area contributed by atoms with Gasteiger partial charge in [-0.2, -0.15) is 0 Å². The number of allylic oxidation sites excluding steroid dienone is 2. The van der Waals surface area contributed by atoms with Gasteiger partial charge in [-0.05, 0) is 18.2 Å². The molecule has 1 aliphatic carbocycles. The van der Waals surface area contributed by atoms with Crippen LogP contribution < -0.4 is 14.2 Å². The molecule has 0 heterocycles. The van der Waals surface area contributed by atoms with Crippen LogP contribution in [0.25, 0.3) is 10.8 Å². The van der Waals surface area contributed by atoms with E-state index in [0.29, 0.717) is 39.1 Å². The van der Waals surface area contributed by atoms with Gasteiger partial charge in [0.05, 0.1) is 28.4 Å². The summed E-state index contributed by atoms with van der Waals surface area (Å²) < 4.78 is 21.1. The van der Waals surface area contributed by atoms with E-state index >= 15 is 0 Å². The maximum atomic E-state index is 12.5. The Kier molecular flexibility index (Phi) is 3.89. The molecule has 0 amide bonds. The number of hydrogen-bond donors (Lipinski definition) is 0. The summed E-state index contributed by atoms with van der Waals surface area (Å²) in [5, 5.41) is 1.22. The second kappa shape index (κ2) is 5.88. The van der Waals surface area contributed by atoms with Gasteiger partial charge >= 0.3 is 0 Å². The molecule has 6 heteroatoms. The molecule has 0 saturated carbocycles. The molecule has 1 aliphatic rings. The van der Waals surface area contributed by atoms with Gasteiger partial charge in [0.1, 0.15) is 0 Å². The van der Waals surface area contributed by atoms with Crippen molar-refractivity contribution in [1.82, 2.24) is 0 Å². The summed E-state index contributed by atoms with van der Waals surface area (Å²) in [7, 11) is 5.87. The van der Waals surface area contributed by atoms with E-state index in [0.717, 1.165) is 0 Å². The highest BCUT2D eigenvalue weighted by Crippen LogP contribution is 2.45. The Balaban J connectivity index is 2.41. The third-order valence-corrected chi connectivity index (χ3v) is 4.02. The lowest BCUT2D eigenvalue weighted by Crippen LogP contribution is -2.18. The summed E-state index contributed by atoms with van der Waals surface area (Å²) in [4.78, 5) is 25.0. The number of carbonyl (C=O) groups excluding carboxylic acids is 2. The number of Topliss-reactive ketones (excluding diaryl/α,β-unsaturated/α-hetero) is 1. The Bertz CT molecular complexity index is 894. The maximum absolute atomic E-state index is 12.5. The highest BCUT2D eigenvalue weighted by atomic mass is 16.5. The number of fused-ring (bicyclic) bond motifs is 3. The molecule has 0 unspecified atom stereocenters. The highest BCUT2D eigenvalue weighted by Gasteiger charge is 2.30. The minimum atomic E-state index is -0.331. The molecule has 0 spiro atoms. The minimum absolute atomic E-state index is 0.0271. The van der Waals surface area contributed by atoms with Gasteiger partial charge in [0, 0.05) is 28.0 Å². The fourth-order valence-electron chi connectivity index (χ4n) is 2.94. The van der Waals surface area contributed by atoms with E-state index in [1.807, 2.05) is 0 Å². The van der Waals surface area contributed by atoms with E-state index in [-0.39, 0.29) is 17.3 Å². The summed E-state index contributed by atoms with van der Waals surface area (Å²) in [6, 6.07) is 4.99. The van der Waals surface area contributed by atoms with Gasteiger partial charge < -0.3 is 18.9 Å². The van der Waals surface area contributed by atoms with Crippen LogP contribution in [0.3, 0.4) is 0 Å². The molecule has 0 fully saturated rings. The van der Waals surface area contributed by atoms with Gasteiger partial charge in [0.2, 0.25) is 11.5 Å². The molecule has 6 nitrogen and oxygen atoms in total. The normalized spacial score (nSPS) is 13.4. The number of carbonyl (C=O) groups is 2. The number of hydrogen-bond acceptors (Lipinski definition) is 6. The zero-order valence-electron chi connectivity index (χ0n) is 13.8. The van der Waals surface area contributed by atoms with Crippen molar-refractivity contribution >= 4 is 22.3 Å². The Labute approximate surface area is 138 Å². The van der Waals surface area contributed by atoms with Crippen LogP contribution in [-0.4, -0.2) is 40.0 Å². The zero-order valence-corrected chi connectivity index (χ0v) is 13.8. The van der Waals surface area contributed by atoms with Crippen molar-refractivity contribution in [1.29, 1.82) is 0 Å². The van der Waals surface area contributed by atoms with Gasteiger partial charge in [0.15, 0.2) is 23.0 Å². The van der Waals surface area contributed by atoms with Gasteiger partial charge in [-0.1, -0.05) is 0 Å². The quantitative estimate of drug-likeness (QED) is 0.859. The number of ether oxygens (including phenoxy) is 4. The summed E-state index contributed by atoms with van der Waals surface area (Å²) in [5.74, 6) is 0.673. The van der Waals surface area contributed by atoms with Gasteiger partial charge in [-0.15, -0.1) is 0 Å². The van der Waals surface area contributed by atoms with E-state index in [1.165, 1.54) is 34.5 Å². The number of ketones is 2. The smallest absolute Gasteiger partial charge is 0.228 e. The minimum Gasteiger partial charge on any atom is -0.493 e. The van der Waals surface area contributed by atoms with Crippen LogP contribution >= 0.6 is 0 Å². The van der Waals surface area contributed by atoms with E-state index in [1.54, 1.807) is 18.2 Å². The zero-order chi connectivity index (χ0) is 17.4. The summed E-state index contributed by atoms with van der Waals surface area (Å²) in [5.41, 5.74) is 0.596. The van der Waals surface area contributed by atoms with Crippen molar-refractivity contribution in [2.24, 2.45) is 0 Å². The monoisotopic (exact) mass is 328 g/mol. The first-order chi connectivity index (χ1) is 11.6. The van der Waals surface area contributed by atoms with E-state index in [4.69, 9.17) is 18.9 Å². The van der Waals surface area contributed by atoms with E-state index in [2.05, 4.69) is 0 Å². The van der Waals surface area contributed by atoms with Gasteiger partial charge in [-0.25, -0.2) is 0 Å². The number of methoxy groups -OCH3 is 4. The molecule has 3 rings (SSSR count). The molecular formula is C18H16O6. The van der Waals surface area contributed by atoms with Crippen molar-refractivity contribution in [2.75, 3.05) is 28.4 Å². The maximum Gasteiger partial charge on any atom is 0.228 e. The van der Waals surface area contributed by atoms with Gasteiger partial charge in [0.25, 0.3) is 0 Å². The fourth-order valence-corrected chi connectivity index (χ4v) is 2.94. The molecule has 0 saturated heterocycles. The average molecular weight is 328 g/mol. The number of rotatable bonds is 4. The second-order valence-corrected chi connectivity index (χ2v) is 5.13. The van der Waals surface area contributed by atoms with Crippen molar-refractivity contribution < 1.29 is 28.5 Å². The molecule has 24 heavy (non-hydrogen) atoms. The Hall–Kier alpha value is -3.02. The predicted molar refractivity (Wildman–Crippen MR) is 87.4 cm³/mol. The summed E-state index contributed by atoms with van der Waals surface area (Å²) in [6.45, 7) is 0. The lowest BCUT2D eigenvalue weighted by Gasteiger charge is -2.19. The first-order valence-electron chi connectivity index (χ1n) is 7.17. The van der Waals surface area contributed by atoms with Crippen LogP contribution in [0.5, 0.6) is 17.2 Å². The molecular weight excluding hydrogens is 312 g/mol. The summed E-state index contributed by atoms with van der Waals surface area (Å²) >= 11 is 0. The second-order valence-electron chi connectivity index (χ2n) is 5.13. The van der Waals surface area contributed by atoms with Crippen LogP contribution in [0.4, 0.5) is 0 Å². The molecule has 2 aromatic rings. The molecule has 2 aromatic carbocycles. The Morgan fingerprint density at radius 1 is 0.792 bits per heavy atom. The van der Waals surface area contributed by atoms with Crippen LogP contribution in [0.1, 0.15) is 20.7 Å². The molecule has 0 aliphatic heterocycles. The predicted octanol–water partition coefficient (Wildman–Crippen LogP) is 2.77. The van der Waals surface area contributed by atoms with Crippen molar-refractivity contribution in [3.05, 3.63) is 41.2 Å². The number of benzene rings is 2. The Morgan fingerprint density at radius 2 is 1.50 bits per heavy atom. The third-order valence-electron chi connectivity index (χ3n) is 4.02. The van der Waals surface area contributed by atoms with Crippen molar-refractivity contribution in [2.45, 2.75) is 0 Å². The van der Waals surface area contributed by atoms with Gasteiger partial charge in [-0.3, -0.25) is 9.59 Å². The molecule has 0 bridgehead atoms. The molecule has 0 aromatic heterocycles. The lowest BCUT2D eigenvalue weighted by atomic mass is 9.88. The van der Waals surface area contributed by atoms with Crippen molar-refractivity contribution in [3.63, 3.8) is 0 Å². The molecule has 0 radical (unpaired) electrons. The van der Waals surface area contributed by atoms with Crippen LogP contribution in [-0.2, 0) is 4.74 Å². The first kappa shape index (κ1) is 15.9. The lowest BCUT2D eigenvalue weighted by molar-refractivity contribution is 0.0917. The standard InChI is InChI=1S/C18H16O6/c1-21-13-8-12(19)15-10(16(13)20)6-5-9-11(15)7-14(22-2)18(24-4)17(9)23-3/h5-8H,1-4H3. The van der Waals surface area contributed by atoms with Crippen molar-refractivity contribution in [3.8, 4) is 17.2 Å². The highest BCUT2D eigenvalue weighted by molar-refractivity contribution is 6.28. The average Bonchev–Trinajstić information content (AvgIpc) is 2.61. The summed E-state index contributed by atoms with van der Waals surface area (Å²) in [6.07, 6.45) is 1.20. The SMILES string of the molecule is COC1=CC(=O)c2c(ccc3c(OC)c(OC)c(OC)cc23)C1=O. The third kappa shape index (κ3) is 2.11. The van der Waals surface area contributed by atoms with Crippen LogP contribution in [0, 0.1) is 0 Å². The Morgan fingerprint density at radius 3 is 2.08 bits per heavy atom. The molecule has 124 valence electrons. The largest absolute Gasteiger partial charge is 0.493 e. The van der Waals surface area contributed by atoms with Crippen LogP contribution in [0.15, 0.2) is 30.0 Å². The van der Waals surface area contributed by atoms with E-state index in [9.17, 15) is 9.59 Å². The molecule has 0 N–H and O–H groups in total. The topological polar surface area (TPSA) is 71.1 Å². The van der Waals surface area contributed by atoms with E-state index < -0.39 is 0 Å².